The second-order valence-electron chi connectivity index (χ2n) is 4.75. The summed E-state index contributed by atoms with van der Waals surface area (Å²) in [4.78, 5) is 19.1. The van der Waals surface area contributed by atoms with Gasteiger partial charge in [0.25, 0.3) is 0 Å². The Hall–Kier alpha value is -0.900. The minimum atomic E-state index is -3.28. The number of urea groups is 1. The molecule has 0 unspecified atom stereocenters. The van der Waals surface area contributed by atoms with Crippen LogP contribution in [0, 0.1) is 6.92 Å². The third kappa shape index (κ3) is 8.86. The van der Waals surface area contributed by atoms with E-state index >= 15 is 0 Å². The number of aliphatic hydroxyl groups excluding tert-OH is 1. The van der Waals surface area contributed by atoms with Gasteiger partial charge in [0, 0.05) is 19.1 Å². The van der Waals surface area contributed by atoms with Gasteiger partial charge in [0.05, 0.1) is 26.0 Å². The highest BCUT2D eigenvalue weighted by atomic mass is 32.2. The molecule has 2 amide bonds. The van der Waals surface area contributed by atoms with Crippen LogP contribution in [0.3, 0.4) is 0 Å². The maximum absolute atomic E-state index is 12.3. The zero-order valence-corrected chi connectivity index (χ0v) is 13.7. The van der Waals surface area contributed by atoms with Gasteiger partial charge >= 0.3 is 6.03 Å². The summed E-state index contributed by atoms with van der Waals surface area (Å²) in [6.07, 6.45) is 1.50. The molecule has 0 aromatic heterocycles. The predicted octanol–water partition coefficient (Wildman–Crippen LogP) is -0.184. The van der Waals surface area contributed by atoms with Crippen molar-refractivity contribution in [2.75, 3.05) is 39.1 Å². The first-order chi connectivity index (χ1) is 9.72. The molecule has 125 valence electrons. The van der Waals surface area contributed by atoms with Crippen LogP contribution in [0.5, 0.6) is 0 Å². The lowest BCUT2D eigenvalue weighted by molar-refractivity contribution is -0.124. The number of hydroxylamine groups is 2. The summed E-state index contributed by atoms with van der Waals surface area (Å²) in [6.45, 7) is 7.79. The molecule has 0 spiro atoms. The van der Waals surface area contributed by atoms with Crippen molar-refractivity contribution in [1.29, 1.82) is 0 Å². The third-order valence-electron chi connectivity index (χ3n) is 2.50. The van der Waals surface area contributed by atoms with Gasteiger partial charge in [-0.3, -0.25) is 4.84 Å². The molecule has 0 aliphatic carbocycles. The fourth-order valence-corrected chi connectivity index (χ4v) is 2.02. The lowest BCUT2D eigenvalue weighted by atomic mass is 10.3. The topological polar surface area (TPSA) is 99.2 Å². The number of carbonyl (C=O) groups excluding carboxylic acids is 1. The molecule has 2 N–H and O–H groups in total. The number of aliphatic hydroxyl groups is 1. The standard InChI is InChI=1S/C12H26N3O5S/c1-5-7-15(20-10-6-13-21(4,18)19)12(17)14(8-9-16)11(2)3/h11,13,16H,1,5-10H2,2-4H3. The van der Waals surface area contributed by atoms with E-state index in [-0.39, 0.29) is 44.9 Å². The highest BCUT2D eigenvalue weighted by molar-refractivity contribution is 7.88. The molecular formula is C12H26N3O5S. The Kier molecular flexibility index (Phi) is 9.51. The Morgan fingerprint density at radius 2 is 2.00 bits per heavy atom. The quantitative estimate of drug-likeness (QED) is 0.429. The van der Waals surface area contributed by atoms with E-state index in [2.05, 4.69) is 11.6 Å². The fourth-order valence-electron chi connectivity index (χ4n) is 1.57. The van der Waals surface area contributed by atoms with Crippen LogP contribution in [0.1, 0.15) is 20.3 Å². The van der Waals surface area contributed by atoms with Crippen LogP contribution in [0.15, 0.2) is 0 Å². The first kappa shape index (κ1) is 20.1. The molecule has 0 aromatic carbocycles. The van der Waals surface area contributed by atoms with E-state index < -0.39 is 10.0 Å². The van der Waals surface area contributed by atoms with E-state index in [1.165, 1.54) is 4.90 Å². The van der Waals surface area contributed by atoms with Crippen LogP contribution >= 0.6 is 0 Å². The smallest absolute Gasteiger partial charge is 0.344 e. The summed E-state index contributed by atoms with van der Waals surface area (Å²) < 4.78 is 24.1. The van der Waals surface area contributed by atoms with E-state index in [9.17, 15) is 13.2 Å². The SMILES string of the molecule is [CH2]CCN(OCCNS(C)(=O)=O)C(=O)N(CCO)C(C)C. The van der Waals surface area contributed by atoms with Gasteiger partial charge in [-0.2, -0.15) is 0 Å². The van der Waals surface area contributed by atoms with Gasteiger partial charge in [-0.1, -0.05) is 6.92 Å². The van der Waals surface area contributed by atoms with Gasteiger partial charge in [0.2, 0.25) is 10.0 Å². The molecule has 0 atom stereocenters. The van der Waals surface area contributed by atoms with Gasteiger partial charge in [0.15, 0.2) is 0 Å². The molecule has 0 aliphatic rings. The zero-order chi connectivity index (χ0) is 16.5. The van der Waals surface area contributed by atoms with Crippen LogP contribution < -0.4 is 4.72 Å². The molecule has 21 heavy (non-hydrogen) atoms. The van der Waals surface area contributed by atoms with Crippen molar-refractivity contribution < 1.29 is 23.2 Å². The second kappa shape index (κ2) is 9.93. The van der Waals surface area contributed by atoms with Crippen molar-refractivity contribution >= 4 is 16.1 Å². The zero-order valence-electron chi connectivity index (χ0n) is 12.9. The number of sulfonamides is 1. The average molecular weight is 324 g/mol. The van der Waals surface area contributed by atoms with Crippen LogP contribution in [0.4, 0.5) is 4.79 Å². The van der Waals surface area contributed by atoms with E-state index in [1.807, 2.05) is 13.8 Å². The Bertz CT molecular complexity index is 400. The number of nitrogens with zero attached hydrogens (tertiary/aromatic N) is 2. The molecular weight excluding hydrogens is 298 g/mol. The van der Waals surface area contributed by atoms with Crippen molar-refractivity contribution in [3.05, 3.63) is 6.92 Å². The second-order valence-corrected chi connectivity index (χ2v) is 6.58. The van der Waals surface area contributed by atoms with Crippen molar-refractivity contribution in [3.63, 3.8) is 0 Å². The van der Waals surface area contributed by atoms with Crippen molar-refractivity contribution in [1.82, 2.24) is 14.7 Å². The highest BCUT2D eigenvalue weighted by Gasteiger charge is 2.23. The summed E-state index contributed by atoms with van der Waals surface area (Å²) >= 11 is 0. The Labute approximate surface area is 127 Å². The summed E-state index contributed by atoms with van der Waals surface area (Å²) in [6, 6.07) is -0.461. The van der Waals surface area contributed by atoms with Gasteiger partial charge < -0.3 is 10.0 Å². The molecule has 0 saturated heterocycles. The fraction of sp³-hybridized carbons (Fsp3) is 0.833. The minimum absolute atomic E-state index is 0.0316. The molecule has 0 fully saturated rings. The molecule has 9 heteroatoms. The number of carbonyl (C=O) groups is 1. The maximum Gasteiger partial charge on any atom is 0.344 e. The van der Waals surface area contributed by atoms with Gasteiger partial charge in [-0.15, -0.1) is 0 Å². The molecule has 0 aliphatic heterocycles. The Morgan fingerprint density at radius 1 is 1.38 bits per heavy atom. The Morgan fingerprint density at radius 3 is 2.43 bits per heavy atom. The van der Waals surface area contributed by atoms with Gasteiger partial charge in [-0.05, 0) is 20.3 Å². The lowest BCUT2D eigenvalue weighted by Crippen LogP contribution is -2.48. The molecule has 1 radical (unpaired) electrons. The van der Waals surface area contributed by atoms with Crippen molar-refractivity contribution in [2.45, 2.75) is 26.3 Å². The van der Waals surface area contributed by atoms with Crippen molar-refractivity contribution in [3.8, 4) is 0 Å². The molecule has 0 bridgehead atoms. The van der Waals surface area contributed by atoms with Crippen LogP contribution in [-0.2, 0) is 14.9 Å². The predicted molar refractivity (Wildman–Crippen MR) is 79.8 cm³/mol. The molecule has 0 heterocycles. The van der Waals surface area contributed by atoms with E-state index in [0.29, 0.717) is 6.42 Å². The van der Waals surface area contributed by atoms with Gasteiger partial charge in [-0.25, -0.2) is 23.0 Å². The van der Waals surface area contributed by atoms with Gasteiger partial charge in [0.1, 0.15) is 0 Å². The number of amides is 2. The summed E-state index contributed by atoms with van der Waals surface area (Å²) in [5.41, 5.74) is 0. The largest absolute Gasteiger partial charge is 0.395 e. The lowest BCUT2D eigenvalue weighted by Gasteiger charge is -2.32. The van der Waals surface area contributed by atoms with E-state index in [1.54, 1.807) is 0 Å². The number of rotatable bonds is 10. The minimum Gasteiger partial charge on any atom is -0.395 e. The van der Waals surface area contributed by atoms with E-state index in [0.717, 1.165) is 11.3 Å². The van der Waals surface area contributed by atoms with Crippen molar-refractivity contribution in [2.24, 2.45) is 0 Å². The number of hydrogen-bond acceptors (Lipinski definition) is 5. The number of hydrogen-bond donors (Lipinski definition) is 2. The average Bonchev–Trinajstić information content (AvgIpc) is 2.37. The highest BCUT2D eigenvalue weighted by Crippen LogP contribution is 2.06. The summed E-state index contributed by atoms with van der Waals surface area (Å²) in [7, 11) is -3.28. The van der Waals surface area contributed by atoms with Crippen LogP contribution in [0.2, 0.25) is 0 Å². The van der Waals surface area contributed by atoms with Crippen LogP contribution in [-0.4, -0.2) is 74.7 Å². The summed E-state index contributed by atoms with van der Waals surface area (Å²) in [5.74, 6) is 0. The first-order valence-electron chi connectivity index (χ1n) is 6.78. The monoisotopic (exact) mass is 324 g/mol. The number of nitrogens with one attached hydrogen (secondary N) is 1. The third-order valence-corrected chi connectivity index (χ3v) is 3.23. The van der Waals surface area contributed by atoms with Crippen LogP contribution in [0.25, 0.3) is 0 Å². The first-order valence-corrected chi connectivity index (χ1v) is 8.67. The molecule has 0 rings (SSSR count). The maximum atomic E-state index is 12.3. The van der Waals surface area contributed by atoms with E-state index in [4.69, 9.17) is 9.94 Å². The Balaban J connectivity index is 4.53. The molecule has 0 aromatic rings. The molecule has 0 saturated carbocycles. The summed E-state index contributed by atoms with van der Waals surface area (Å²) in [5, 5.41) is 10.2. The normalized spacial score (nSPS) is 11.7. The molecule has 8 nitrogen and oxygen atoms in total.